The summed E-state index contributed by atoms with van der Waals surface area (Å²) in [6, 6.07) is 10.0. The number of non-ortho nitro benzene ring substituents is 1. The van der Waals surface area contributed by atoms with Crippen molar-refractivity contribution in [2.45, 2.75) is 4.90 Å². The number of pyridine rings is 1. The lowest BCUT2D eigenvalue weighted by atomic mass is 10.1. The van der Waals surface area contributed by atoms with Crippen LogP contribution in [0, 0.1) is 10.1 Å². The Hall–Kier alpha value is -3.57. The topological polar surface area (TPSA) is 132 Å². The molecule has 2 aromatic carbocycles. The summed E-state index contributed by atoms with van der Waals surface area (Å²) in [4.78, 5) is 29.3. The molecule has 3 aromatic rings. The maximum atomic E-state index is 13.0. The van der Waals surface area contributed by atoms with E-state index in [1.807, 2.05) is 4.90 Å². The number of anilines is 1. The molecule has 10 nitrogen and oxygen atoms in total. The minimum atomic E-state index is -4.26. The van der Waals surface area contributed by atoms with Crippen LogP contribution in [-0.4, -0.2) is 50.5 Å². The number of hydrogen-bond donors (Lipinski definition) is 1. The Labute approximate surface area is 177 Å². The van der Waals surface area contributed by atoms with E-state index >= 15 is 0 Å². The van der Waals surface area contributed by atoms with E-state index in [9.17, 15) is 23.3 Å². The average molecular weight is 442 g/mol. The predicted molar refractivity (Wildman–Crippen MR) is 113 cm³/mol. The molecule has 0 bridgehead atoms. The van der Waals surface area contributed by atoms with Gasteiger partial charge in [-0.1, -0.05) is 12.1 Å². The van der Waals surface area contributed by atoms with E-state index in [0.29, 0.717) is 42.8 Å². The highest BCUT2D eigenvalue weighted by molar-refractivity contribution is 7.90. The van der Waals surface area contributed by atoms with Gasteiger partial charge in [0.15, 0.2) is 0 Å². The van der Waals surface area contributed by atoms with Crippen molar-refractivity contribution in [2.75, 3.05) is 31.2 Å². The molecule has 11 heteroatoms. The van der Waals surface area contributed by atoms with Gasteiger partial charge in [-0.2, -0.15) is 0 Å². The summed E-state index contributed by atoms with van der Waals surface area (Å²) in [5.74, 6) is -0.948. The van der Waals surface area contributed by atoms with Crippen LogP contribution in [0.1, 0.15) is 10.4 Å². The maximum Gasteiger partial charge on any atom is 0.270 e. The molecule has 31 heavy (non-hydrogen) atoms. The fraction of sp³-hybridized carbons (Fsp3) is 0.200. The van der Waals surface area contributed by atoms with E-state index in [0.717, 1.165) is 6.07 Å². The second-order valence-corrected chi connectivity index (χ2v) is 8.50. The van der Waals surface area contributed by atoms with Crippen LogP contribution in [0.4, 0.5) is 11.4 Å². The van der Waals surface area contributed by atoms with Gasteiger partial charge >= 0.3 is 0 Å². The highest BCUT2D eigenvalue weighted by Crippen LogP contribution is 2.28. The quantitative estimate of drug-likeness (QED) is 0.469. The Bertz CT molecular complexity index is 1270. The highest BCUT2D eigenvalue weighted by Gasteiger charge is 2.26. The van der Waals surface area contributed by atoms with Gasteiger partial charge in [0.1, 0.15) is 0 Å². The predicted octanol–water partition coefficient (Wildman–Crippen LogP) is 2.10. The third-order valence-electron chi connectivity index (χ3n) is 4.94. The number of nitrogens with one attached hydrogen (secondary N) is 1. The van der Waals surface area contributed by atoms with Crippen molar-refractivity contribution in [3.05, 3.63) is 70.5 Å². The molecule has 1 aliphatic rings. The van der Waals surface area contributed by atoms with Crippen molar-refractivity contribution in [1.29, 1.82) is 0 Å². The maximum absolute atomic E-state index is 13.0. The van der Waals surface area contributed by atoms with Crippen LogP contribution >= 0.6 is 0 Å². The summed E-state index contributed by atoms with van der Waals surface area (Å²) in [7, 11) is -4.26. The molecule has 0 saturated carbocycles. The van der Waals surface area contributed by atoms with Gasteiger partial charge < -0.3 is 9.64 Å². The van der Waals surface area contributed by atoms with Crippen molar-refractivity contribution in [3.63, 3.8) is 0 Å². The third-order valence-corrected chi connectivity index (χ3v) is 6.33. The van der Waals surface area contributed by atoms with Gasteiger partial charge in [0.2, 0.25) is 0 Å². The molecule has 4 rings (SSSR count). The number of morpholine rings is 1. The standard InChI is InChI=1S/C20H18N4O6S/c25-20(22-31(28,29)19-3-1-2-14-13-21-7-6-16(14)19)17-12-15(24(26)27)4-5-18(17)23-8-10-30-11-9-23/h1-7,12-13H,8-11H2,(H,22,25). The molecular weight excluding hydrogens is 424 g/mol. The summed E-state index contributed by atoms with van der Waals surface area (Å²) in [5.41, 5.74) is 0.00101. The summed E-state index contributed by atoms with van der Waals surface area (Å²) in [6.07, 6.45) is 2.98. The fourth-order valence-corrected chi connectivity index (χ4v) is 4.66. The normalized spacial score (nSPS) is 14.4. The zero-order chi connectivity index (χ0) is 22.0. The minimum absolute atomic E-state index is 0.0842. The third kappa shape index (κ3) is 4.18. The molecule has 1 aliphatic heterocycles. The number of ether oxygens (including phenoxy) is 1. The van der Waals surface area contributed by atoms with E-state index in [-0.39, 0.29) is 16.1 Å². The van der Waals surface area contributed by atoms with Gasteiger partial charge in [-0.15, -0.1) is 0 Å². The summed E-state index contributed by atoms with van der Waals surface area (Å²) >= 11 is 0. The van der Waals surface area contributed by atoms with Crippen molar-refractivity contribution in [2.24, 2.45) is 0 Å². The molecule has 2 heterocycles. The van der Waals surface area contributed by atoms with Gasteiger partial charge in [-0.05, 0) is 18.2 Å². The SMILES string of the molecule is O=C(NS(=O)(=O)c1cccc2cnccc12)c1cc([N+](=O)[O-])ccc1N1CCOCC1. The molecule has 1 aromatic heterocycles. The van der Waals surface area contributed by atoms with Crippen LogP contribution in [-0.2, 0) is 14.8 Å². The minimum Gasteiger partial charge on any atom is -0.378 e. The molecular formula is C20H18N4O6S. The Balaban J connectivity index is 1.73. The van der Waals surface area contributed by atoms with Crippen LogP contribution < -0.4 is 9.62 Å². The molecule has 0 aliphatic carbocycles. The van der Waals surface area contributed by atoms with Crippen LogP contribution in [0.3, 0.4) is 0 Å². The first-order chi connectivity index (χ1) is 14.9. The first-order valence-electron chi connectivity index (χ1n) is 9.38. The number of aromatic nitrogens is 1. The van der Waals surface area contributed by atoms with Gasteiger partial charge in [0.05, 0.1) is 34.3 Å². The van der Waals surface area contributed by atoms with Crippen LogP contribution in [0.15, 0.2) is 59.8 Å². The molecule has 160 valence electrons. The van der Waals surface area contributed by atoms with Crippen molar-refractivity contribution in [1.82, 2.24) is 9.71 Å². The lowest BCUT2D eigenvalue weighted by Crippen LogP contribution is -2.38. The number of rotatable bonds is 5. The molecule has 1 fully saturated rings. The zero-order valence-corrected chi connectivity index (χ0v) is 17.0. The molecule has 1 N–H and O–H groups in total. The summed E-state index contributed by atoms with van der Waals surface area (Å²) in [5, 5.41) is 12.2. The van der Waals surface area contributed by atoms with E-state index in [1.165, 1.54) is 30.6 Å². The highest BCUT2D eigenvalue weighted by atomic mass is 32.2. The first kappa shape index (κ1) is 20.7. The molecule has 0 spiro atoms. The number of amides is 1. The number of nitro benzene ring substituents is 1. The average Bonchev–Trinajstić information content (AvgIpc) is 2.78. The van der Waals surface area contributed by atoms with Gasteiger partial charge in [-0.3, -0.25) is 19.9 Å². The molecule has 0 atom stereocenters. The Morgan fingerprint density at radius 2 is 1.94 bits per heavy atom. The number of hydrogen-bond acceptors (Lipinski definition) is 8. The number of benzene rings is 2. The Morgan fingerprint density at radius 3 is 2.68 bits per heavy atom. The van der Waals surface area contributed by atoms with E-state index < -0.39 is 20.9 Å². The monoisotopic (exact) mass is 442 g/mol. The number of sulfonamides is 1. The van der Waals surface area contributed by atoms with Crippen molar-refractivity contribution >= 4 is 38.1 Å². The zero-order valence-electron chi connectivity index (χ0n) is 16.2. The largest absolute Gasteiger partial charge is 0.378 e. The van der Waals surface area contributed by atoms with Crippen LogP contribution in [0.5, 0.6) is 0 Å². The van der Waals surface area contributed by atoms with Crippen LogP contribution in [0.25, 0.3) is 10.8 Å². The second kappa shape index (κ2) is 8.28. The first-order valence-corrected chi connectivity index (χ1v) is 10.9. The van der Waals surface area contributed by atoms with E-state index in [4.69, 9.17) is 4.74 Å². The number of carbonyl (C=O) groups excluding carboxylic acids is 1. The van der Waals surface area contributed by atoms with Crippen LogP contribution in [0.2, 0.25) is 0 Å². The smallest absolute Gasteiger partial charge is 0.270 e. The molecule has 0 unspecified atom stereocenters. The van der Waals surface area contributed by atoms with Crippen molar-refractivity contribution < 1.29 is 22.9 Å². The lowest BCUT2D eigenvalue weighted by Gasteiger charge is -2.30. The summed E-state index contributed by atoms with van der Waals surface area (Å²) < 4.78 is 33.4. The number of carbonyl (C=O) groups is 1. The summed E-state index contributed by atoms with van der Waals surface area (Å²) in [6.45, 7) is 1.81. The van der Waals surface area contributed by atoms with Gasteiger partial charge in [0, 0.05) is 48.4 Å². The number of nitro groups is 1. The van der Waals surface area contributed by atoms with E-state index in [2.05, 4.69) is 9.71 Å². The van der Waals surface area contributed by atoms with Gasteiger partial charge in [-0.25, -0.2) is 13.1 Å². The fourth-order valence-electron chi connectivity index (χ4n) is 3.46. The second-order valence-electron chi connectivity index (χ2n) is 6.85. The van der Waals surface area contributed by atoms with E-state index in [1.54, 1.807) is 18.2 Å². The molecule has 1 amide bonds. The lowest BCUT2D eigenvalue weighted by molar-refractivity contribution is -0.384. The number of nitrogens with zero attached hydrogens (tertiary/aromatic N) is 3. The molecule has 0 radical (unpaired) electrons. The Kier molecular flexibility index (Phi) is 5.53. The molecule has 1 saturated heterocycles. The van der Waals surface area contributed by atoms with Gasteiger partial charge in [0.25, 0.3) is 21.6 Å². The number of fused-ring (bicyclic) bond motifs is 1. The Morgan fingerprint density at radius 1 is 1.16 bits per heavy atom. The van der Waals surface area contributed by atoms with Crippen molar-refractivity contribution in [3.8, 4) is 0 Å².